The van der Waals surface area contributed by atoms with E-state index in [1.165, 1.54) is 23.3 Å². The molecule has 1 amide bonds. The fraction of sp³-hybridized carbons (Fsp3) is 0.350. The largest absolute Gasteiger partial charge is 0.416 e. The van der Waals surface area contributed by atoms with Crippen molar-refractivity contribution >= 4 is 5.91 Å². The first-order chi connectivity index (χ1) is 12.3. The average Bonchev–Trinajstić information content (AvgIpc) is 2.63. The lowest BCUT2D eigenvalue weighted by molar-refractivity contribution is -0.137. The number of benzene rings is 2. The quantitative estimate of drug-likeness (QED) is 0.825. The Hall–Kier alpha value is -2.34. The van der Waals surface area contributed by atoms with Crippen LogP contribution in [0.1, 0.15) is 27.0 Å². The molecular formula is C20H21F3N2O. The van der Waals surface area contributed by atoms with Gasteiger partial charge < -0.3 is 4.90 Å². The van der Waals surface area contributed by atoms with Gasteiger partial charge in [-0.15, -0.1) is 0 Å². The highest BCUT2D eigenvalue weighted by atomic mass is 19.4. The van der Waals surface area contributed by atoms with Crippen molar-refractivity contribution in [3.05, 3.63) is 70.8 Å². The fourth-order valence-corrected chi connectivity index (χ4v) is 3.12. The second-order valence-electron chi connectivity index (χ2n) is 6.57. The van der Waals surface area contributed by atoms with Crippen LogP contribution in [0.2, 0.25) is 0 Å². The molecule has 0 aliphatic carbocycles. The highest BCUT2D eigenvalue weighted by molar-refractivity contribution is 5.94. The number of carbonyl (C=O) groups excluding carboxylic acids is 1. The van der Waals surface area contributed by atoms with Gasteiger partial charge in [-0.25, -0.2) is 0 Å². The van der Waals surface area contributed by atoms with Gasteiger partial charge in [0.1, 0.15) is 0 Å². The SMILES string of the molecule is Cc1ccccc1CN1CCN(C(=O)c2ccc(C(F)(F)F)cc2)CC1. The summed E-state index contributed by atoms with van der Waals surface area (Å²) in [4.78, 5) is 16.5. The van der Waals surface area contributed by atoms with Crippen LogP contribution in [0.3, 0.4) is 0 Å². The molecule has 1 heterocycles. The third kappa shape index (κ3) is 4.25. The Kier molecular flexibility index (Phi) is 5.32. The van der Waals surface area contributed by atoms with Crippen LogP contribution >= 0.6 is 0 Å². The van der Waals surface area contributed by atoms with Crippen LogP contribution in [0.4, 0.5) is 13.2 Å². The number of hydrogen-bond donors (Lipinski definition) is 0. The summed E-state index contributed by atoms with van der Waals surface area (Å²) in [6.07, 6.45) is -4.39. The molecule has 0 spiro atoms. The molecule has 0 radical (unpaired) electrons. The number of rotatable bonds is 3. The summed E-state index contributed by atoms with van der Waals surface area (Å²) in [7, 11) is 0. The Morgan fingerprint density at radius 3 is 2.15 bits per heavy atom. The second-order valence-corrected chi connectivity index (χ2v) is 6.57. The predicted molar refractivity (Wildman–Crippen MR) is 93.8 cm³/mol. The lowest BCUT2D eigenvalue weighted by atomic mass is 10.1. The van der Waals surface area contributed by atoms with Gasteiger partial charge in [0.05, 0.1) is 5.56 Å². The molecular weight excluding hydrogens is 341 g/mol. The van der Waals surface area contributed by atoms with Crippen LogP contribution in [0, 0.1) is 6.92 Å². The van der Waals surface area contributed by atoms with Crippen molar-refractivity contribution in [3.8, 4) is 0 Å². The van der Waals surface area contributed by atoms with E-state index in [0.717, 1.165) is 31.8 Å². The lowest BCUT2D eigenvalue weighted by Gasteiger charge is -2.35. The molecule has 0 bridgehead atoms. The Labute approximate surface area is 151 Å². The minimum absolute atomic E-state index is 0.214. The van der Waals surface area contributed by atoms with Gasteiger partial charge in [-0.05, 0) is 42.3 Å². The molecule has 1 fully saturated rings. The molecule has 138 valence electrons. The van der Waals surface area contributed by atoms with E-state index in [9.17, 15) is 18.0 Å². The first kappa shape index (κ1) is 18.5. The maximum Gasteiger partial charge on any atom is 0.416 e. The summed E-state index contributed by atoms with van der Waals surface area (Å²) in [6, 6.07) is 12.7. The molecule has 3 rings (SSSR count). The number of nitrogens with zero attached hydrogens (tertiary/aromatic N) is 2. The predicted octanol–water partition coefficient (Wildman–Crippen LogP) is 3.97. The number of alkyl halides is 3. The van der Waals surface area contributed by atoms with Gasteiger partial charge in [0.15, 0.2) is 0 Å². The molecule has 0 aromatic heterocycles. The van der Waals surface area contributed by atoms with E-state index in [-0.39, 0.29) is 5.91 Å². The van der Waals surface area contributed by atoms with Crippen LogP contribution in [0.15, 0.2) is 48.5 Å². The first-order valence-corrected chi connectivity index (χ1v) is 8.58. The van der Waals surface area contributed by atoms with E-state index in [2.05, 4.69) is 24.0 Å². The minimum atomic E-state index is -4.39. The number of carbonyl (C=O) groups is 1. The van der Waals surface area contributed by atoms with Crippen LogP contribution < -0.4 is 0 Å². The summed E-state index contributed by atoms with van der Waals surface area (Å²) >= 11 is 0. The molecule has 3 nitrogen and oxygen atoms in total. The molecule has 0 N–H and O–H groups in total. The zero-order valence-electron chi connectivity index (χ0n) is 14.6. The van der Waals surface area contributed by atoms with Gasteiger partial charge in [0.2, 0.25) is 0 Å². The molecule has 0 unspecified atom stereocenters. The normalized spacial score (nSPS) is 15.9. The monoisotopic (exact) mass is 362 g/mol. The smallest absolute Gasteiger partial charge is 0.336 e. The number of halogens is 3. The van der Waals surface area contributed by atoms with Crippen molar-refractivity contribution in [2.75, 3.05) is 26.2 Å². The van der Waals surface area contributed by atoms with Crippen molar-refractivity contribution in [3.63, 3.8) is 0 Å². The van der Waals surface area contributed by atoms with Gasteiger partial charge in [-0.3, -0.25) is 9.69 Å². The Morgan fingerprint density at radius 1 is 0.962 bits per heavy atom. The molecule has 2 aromatic rings. The summed E-state index contributed by atoms with van der Waals surface area (Å²) in [5, 5.41) is 0. The van der Waals surface area contributed by atoms with Crippen molar-refractivity contribution in [1.82, 2.24) is 9.80 Å². The molecule has 0 saturated carbocycles. The summed E-state index contributed by atoms with van der Waals surface area (Å²) in [5.74, 6) is -0.214. The van der Waals surface area contributed by atoms with Crippen molar-refractivity contribution < 1.29 is 18.0 Å². The molecule has 2 aromatic carbocycles. The molecule has 26 heavy (non-hydrogen) atoms. The summed E-state index contributed by atoms with van der Waals surface area (Å²) < 4.78 is 37.9. The molecule has 6 heteroatoms. The third-order valence-electron chi connectivity index (χ3n) is 4.77. The Balaban J connectivity index is 1.57. The van der Waals surface area contributed by atoms with Crippen LogP contribution in [-0.2, 0) is 12.7 Å². The van der Waals surface area contributed by atoms with Gasteiger partial charge in [-0.1, -0.05) is 24.3 Å². The Bertz CT molecular complexity index is 763. The maximum atomic E-state index is 12.6. The van der Waals surface area contributed by atoms with Crippen LogP contribution in [-0.4, -0.2) is 41.9 Å². The highest BCUT2D eigenvalue weighted by Crippen LogP contribution is 2.29. The van der Waals surface area contributed by atoms with Crippen molar-refractivity contribution in [2.24, 2.45) is 0 Å². The van der Waals surface area contributed by atoms with Gasteiger partial charge >= 0.3 is 6.18 Å². The second kappa shape index (κ2) is 7.50. The maximum absolute atomic E-state index is 12.6. The van der Waals surface area contributed by atoms with Gasteiger partial charge in [-0.2, -0.15) is 13.2 Å². The lowest BCUT2D eigenvalue weighted by Crippen LogP contribution is -2.48. The summed E-state index contributed by atoms with van der Waals surface area (Å²) in [5.41, 5.74) is 2.08. The fourth-order valence-electron chi connectivity index (χ4n) is 3.12. The minimum Gasteiger partial charge on any atom is -0.336 e. The Morgan fingerprint density at radius 2 is 1.58 bits per heavy atom. The highest BCUT2D eigenvalue weighted by Gasteiger charge is 2.30. The van der Waals surface area contributed by atoms with E-state index >= 15 is 0 Å². The summed E-state index contributed by atoms with van der Waals surface area (Å²) in [6.45, 7) is 5.58. The standard InChI is InChI=1S/C20H21F3N2O/c1-15-4-2-3-5-17(15)14-24-10-12-25(13-11-24)19(26)16-6-8-18(9-7-16)20(21,22)23/h2-9H,10-14H2,1H3. The molecule has 0 atom stereocenters. The number of aryl methyl sites for hydroxylation is 1. The average molecular weight is 362 g/mol. The molecule has 1 aliphatic heterocycles. The zero-order valence-corrected chi connectivity index (χ0v) is 14.6. The van der Waals surface area contributed by atoms with Crippen molar-refractivity contribution in [1.29, 1.82) is 0 Å². The number of piperazine rings is 1. The topological polar surface area (TPSA) is 23.6 Å². The number of amides is 1. The van der Waals surface area contributed by atoms with E-state index in [0.29, 0.717) is 18.7 Å². The van der Waals surface area contributed by atoms with E-state index in [1.807, 2.05) is 12.1 Å². The van der Waals surface area contributed by atoms with E-state index in [4.69, 9.17) is 0 Å². The van der Waals surface area contributed by atoms with E-state index < -0.39 is 11.7 Å². The van der Waals surface area contributed by atoms with Gasteiger partial charge in [0, 0.05) is 38.3 Å². The third-order valence-corrected chi connectivity index (χ3v) is 4.77. The van der Waals surface area contributed by atoms with Crippen LogP contribution in [0.25, 0.3) is 0 Å². The number of hydrogen-bond acceptors (Lipinski definition) is 2. The van der Waals surface area contributed by atoms with Crippen molar-refractivity contribution in [2.45, 2.75) is 19.6 Å². The first-order valence-electron chi connectivity index (χ1n) is 8.58. The zero-order chi connectivity index (χ0) is 18.7. The van der Waals surface area contributed by atoms with Gasteiger partial charge in [0.25, 0.3) is 5.91 Å². The molecule has 1 aliphatic rings. The van der Waals surface area contributed by atoms with E-state index in [1.54, 1.807) is 4.90 Å². The van der Waals surface area contributed by atoms with Crippen LogP contribution in [0.5, 0.6) is 0 Å². The molecule has 1 saturated heterocycles.